The van der Waals surface area contributed by atoms with Crippen LogP contribution in [0.5, 0.6) is 11.5 Å². The number of aliphatic carboxylic acids is 1. The lowest BCUT2D eigenvalue weighted by Gasteiger charge is -2.20. The molecular formula is C31H27F3N2O6. The van der Waals surface area contributed by atoms with Crippen LogP contribution in [0.4, 0.5) is 13.2 Å². The van der Waals surface area contributed by atoms with Crippen molar-refractivity contribution < 1.29 is 42.2 Å². The number of carboxylic acids is 1. The first kappa shape index (κ1) is 27.8. The Morgan fingerprint density at radius 1 is 1.05 bits per heavy atom. The fourth-order valence-corrected chi connectivity index (χ4v) is 5.60. The number of hydrogen-bond acceptors (Lipinski definition) is 7. The van der Waals surface area contributed by atoms with Crippen molar-refractivity contribution in [2.24, 2.45) is 0 Å². The molecule has 8 nitrogen and oxygen atoms in total. The van der Waals surface area contributed by atoms with Crippen LogP contribution >= 0.6 is 0 Å². The van der Waals surface area contributed by atoms with E-state index in [1.54, 1.807) is 42.5 Å². The van der Waals surface area contributed by atoms with Crippen molar-refractivity contribution in [2.75, 3.05) is 6.61 Å². The summed E-state index contributed by atoms with van der Waals surface area (Å²) in [6.45, 7) is 3.29. The van der Waals surface area contributed by atoms with Gasteiger partial charge in [-0.1, -0.05) is 41.6 Å². The summed E-state index contributed by atoms with van der Waals surface area (Å²) in [5.41, 5.74) is 1.03. The number of ether oxygens (including phenoxy) is 2. The van der Waals surface area contributed by atoms with Gasteiger partial charge in [-0.3, -0.25) is 4.79 Å². The second kappa shape index (κ2) is 10.2. The zero-order valence-electron chi connectivity index (χ0n) is 22.7. The largest absolute Gasteiger partial charge is 0.492 e. The number of alkyl halides is 3. The molecule has 2 atom stereocenters. The Labute approximate surface area is 238 Å². The number of hydrogen-bond donors (Lipinski definition) is 2. The quantitative estimate of drug-likeness (QED) is 0.249. The number of benzene rings is 3. The standard InChI is InChI=1S/C31H27F3N2O6/c1-30(2,39)29-35-28(36-42-29)17-5-3-16(4-6-17)27-22-10-12-24(21(22)9-11-23(27)31(32,33)34)41-19-7-8-20-18(13-26(37)38)15-40-25(20)14-19/h3-9,11,14,18,24,39H,10,12-13,15H2,1-2H3,(H,37,38)/t18-,24-/m1/s1. The molecule has 1 aliphatic heterocycles. The molecule has 2 heterocycles. The van der Waals surface area contributed by atoms with E-state index in [0.29, 0.717) is 46.6 Å². The minimum atomic E-state index is -4.57. The monoisotopic (exact) mass is 580 g/mol. The van der Waals surface area contributed by atoms with E-state index in [-0.39, 0.29) is 36.2 Å². The van der Waals surface area contributed by atoms with Gasteiger partial charge in [0.2, 0.25) is 5.82 Å². The third-order valence-electron chi connectivity index (χ3n) is 7.60. The van der Waals surface area contributed by atoms with Crippen LogP contribution in [0.1, 0.15) is 66.9 Å². The van der Waals surface area contributed by atoms with Crippen LogP contribution in [0, 0.1) is 0 Å². The molecule has 42 heavy (non-hydrogen) atoms. The zero-order valence-corrected chi connectivity index (χ0v) is 22.7. The molecule has 2 N–H and O–H groups in total. The second-order valence-corrected chi connectivity index (χ2v) is 11.1. The Bertz CT molecular complexity index is 1660. The van der Waals surface area contributed by atoms with Crippen molar-refractivity contribution >= 4 is 5.97 Å². The van der Waals surface area contributed by atoms with E-state index >= 15 is 0 Å². The van der Waals surface area contributed by atoms with Crippen molar-refractivity contribution in [1.82, 2.24) is 10.1 Å². The van der Waals surface area contributed by atoms with Gasteiger partial charge in [-0.05, 0) is 61.1 Å². The van der Waals surface area contributed by atoms with E-state index in [0.717, 1.165) is 11.6 Å². The summed E-state index contributed by atoms with van der Waals surface area (Å²) in [5, 5.41) is 23.1. The van der Waals surface area contributed by atoms with E-state index in [2.05, 4.69) is 10.1 Å². The lowest BCUT2D eigenvalue weighted by molar-refractivity contribution is -0.138. The minimum Gasteiger partial charge on any atom is -0.492 e. The van der Waals surface area contributed by atoms with Crippen LogP contribution in [0.25, 0.3) is 22.5 Å². The normalized spacial score (nSPS) is 18.0. The average Bonchev–Trinajstić information content (AvgIpc) is 3.67. The van der Waals surface area contributed by atoms with Crippen LogP contribution in [0.15, 0.2) is 59.1 Å². The van der Waals surface area contributed by atoms with E-state index in [1.165, 1.54) is 19.9 Å². The average molecular weight is 581 g/mol. The van der Waals surface area contributed by atoms with Gasteiger partial charge < -0.3 is 24.2 Å². The van der Waals surface area contributed by atoms with Crippen LogP contribution in [0.3, 0.4) is 0 Å². The summed E-state index contributed by atoms with van der Waals surface area (Å²) in [7, 11) is 0. The predicted molar refractivity (Wildman–Crippen MR) is 144 cm³/mol. The van der Waals surface area contributed by atoms with Gasteiger partial charge in [-0.15, -0.1) is 0 Å². The fraction of sp³-hybridized carbons (Fsp3) is 0.323. The molecule has 0 amide bonds. The highest BCUT2D eigenvalue weighted by Gasteiger charge is 2.38. The number of nitrogens with zero attached hydrogens (tertiary/aromatic N) is 2. The molecule has 6 rings (SSSR count). The smallest absolute Gasteiger partial charge is 0.417 e. The van der Waals surface area contributed by atoms with Crippen molar-refractivity contribution in [2.45, 2.75) is 56.9 Å². The molecular weight excluding hydrogens is 553 g/mol. The lowest BCUT2D eigenvalue weighted by Crippen LogP contribution is -2.15. The Hall–Kier alpha value is -4.38. The summed E-state index contributed by atoms with van der Waals surface area (Å²) in [5.74, 6) is 0.159. The van der Waals surface area contributed by atoms with Gasteiger partial charge in [0.15, 0.2) is 0 Å². The van der Waals surface area contributed by atoms with E-state index in [1.807, 2.05) is 0 Å². The molecule has 0 saturated heterocycles. The molecule has 0 unspecified atom stereocenters. The topological polar surface area (TPSA) is 115 Å². The van der Waals surface area contributed by atoms with Gasteiger partial charge in [0.1, 0.15) is 23.2 Å². The third kappa shape index (κ3) is 5.20. The molecule has 4 aromatic rings. The highest BCUT2D eigenvalue weighted by molar-refractivity contribution is 5.76. The van der Waals surface area contributed by atoms with Gasteiger partial charge >= 0.3 is 12.1 Å². The molecule has 0 bridgehead atoms. The van der Waals surface area contributed by atoms with Gasteiger partial charge in [0.25, 0.3) is 5.89 Å². The molecule has 1 aliphatic carbocycles. The number of fused-ring (bicyclic) bond motifs is 2. The Morgan fingerprint density at radius 3 is 2.43 bits per heavy atom. The van der Waals surface area contributed by atoms with Crippen molar-refractivity contribution in [3.63, 3.8) is 0 Å². The van der Waals surface area contributed by atoms with E-state index in [9.17, 15) is 23.1 Å². The lowest BCUT2D eigenvalue weighted by atomic mass is 9.91. The SMILES string of the molecule is CC(C)(O)c1nc(-c2ccc(-c3c(C(F)(F)F)ccc4c3CC[C@H]4Oc3ccc4c(c3)OC[C@H]4CC(=O)O)cc2)no1. The number of aliphatic hydroxyl groups is 1. The minimum absolute atomic E-state index is 0.0304. The maximum atomic E-state index is 14.2. The highest BCUT2D eigenvalue weighted by Crippen LogP contribution is 2.47. The second-order valence-electron chi connectivity index (χ2n) is 11.1. The Kier molecular flexibility index (Phi) is 6.72. The van der Waals surface area contributed by atoms with E-state index < -0.39 is 29.4 Å². The van der Waals surface area contributed by atoms with Crippen LogP contribution in [0.2, 0.25) is 0 Å². The Morgan fingerprint density at radius 2 is 1.76 bits per heavy atom. The van der Waals surface area contributed by atoms with Crippen molar-refractivity contribution in [1.29, 1.82) is 0 Å². The molecule has 0 fully saturated rings. The molecule has 218 valence electrons. The fourth-order valence-electron chi connectivity index (χ4n) is 5.60. The van der Waals surface area contributed by atoms with Gasteiger partial charge in [-0.25, -0.2) is 0 Å². The Balaban J connectivity index is 1.30. The molecule has 11 heteroatoms. The van der Waals surface area contributed by atoms with Crippen LogP contribution < -0.4 is 9.47 Å². The number of halogens is 3. The molecule has 0 saturated carbocycles. The first-order valence-electron chi connectivity index (χ1n) is 13.4. The van der Waals surface area contributed by atoms with Crippen molar-refractivity contribution in [3.8, 4) is 34.0 Å². The van der Waals surface area contributed by atoms with Gasteiger partial charge in [0.05, 0.1) is 18.6 Å². The van der Waals surface area contributed by atoms with Crippen LogP contribution in [-0.4, -0.2) is 32.9 Å². The molecule has 2 aliphatic rings. The number of carboxylic acid groups (broad SMARTS) is 1. The van der Waals surface area contributed by atoms with E-state index in [4.69, 9.17) is 19.1 Å². The van der Waals surface area contributed by atoms with Gasteiger partial charge in [0, 0.05) is 23.1 Å². The summed E-state index contributed by atoms with van der Waals surface area (Å²) >= 11 is 0. The third-order valence-corrected chi connectivity index (χ3v) is 7.60. The predicted octanol–water partition coefficient (Wildman–Crippen LogP) is 6.67. The maximum absolute atomic E-state index is 14.2. The molecule has 0 radical (unpaired) electrons. The maximum Gasteiger partial charge on any atom is 0.417 e. The molecule has 0 spiro atoms. The van der Waals surface area contributed by atoms with Crippen molar-refractivity contribution in [3.05, 3.63) is 82.7 Å². The first-order valence-corrected chi connectivity index (χ1v) is 13.4. The summed E-state index contributed by atoms with van der Waals surface area (Å²) in [6, 6.07) is 14.3. The summed E-state index contributed by atoms with van der Waals surface area (Å²) in [4.78, 5) is 15.3. The first-order chi connectivity index (χ1) is 19.9. The highest BCUT2D eigenvalue weighted by atomic mass is 19.4. The van der Waals surface area contributed by atoms with Crippen LogP contribution in [-0.2, 0) is 23.0 Å². The van der Waals surface area contributed by atoms with Gasteiger partial charge in [-0.2, -0.15) is 18.2 Å². The summed E-state index contributed by atoms with van der Waals surface area (Å²) in [6.07, 6.45) is -4.19. The molecule has 1 aromatic heterocycles. The number of aromatic nitrogens is 2. The molecule has 3 aromatic carbocycles. The summed E-state index contributed by atoms with van der Waals surface area (Å²) < 4.78 is 59.7. The number of carbonyl (C=O) groups is 1. The zero-order chi connectivity index (χ0) is 29.8. The number of rotatable bonds is 7.